The number of hydrogen-bond acceptors (Lipinski definition) is 0. The summed E-state index contributed by atoms with van der Waals surface area (Å²) in [6, 6.07) is 13.3. The third-order valence-corrected chi connectivity index (χ3v) is 8.39. The van der Waals surface area contributed by atoms with Crippen molar-refractivity contribution in [2.75, 3.05) is 0 Å². The molecule has 10 aromatic rings. The van der Waals surface area contributed by atoms with Crippen molar-refractivity contribution < 1.29 is 20.6 Å². The Morgan fingerprint density at radius 1 is 0.356 bits per heavy atom. The molecule has 0 fully saturated rings. The molecule has 45 heavy (non-hydrogen) atoms. The van der Waals surface area contributed by atoms with E-state index in [1.165, 1.54) is 4.57 Å². The molecule has 0 atom stereocenters. The van der Waals surface area contributed by atoms with Crippen molar-refractivity contribution in [1.82, 2.24) is 13.7 Å². The number of aromatic nitrogens is 3. The first kappa shape index (κ1) is 14.1. The molecule has 0 radical (unpaired) electrons. The molecule has 0 N–H and O–H groups in total. The van der Waals surface area contributed by atoms with Crippen LogP contribution in [0.3, 0.4) is 0 Å². The molecule has 7 aromatic carbocycles. The number of rotatable bonds is 3. The van der Waals surface area contributed by atoms with Crippen molar-refractivity contribution in [3.05, 3.63) is 163 Å². The lowest BCUT2D eigenvalue weighted by Gasteiger charge is -2.12. The Kier molecular flexibility index (Phi) is 2.90. The fourth-order valence-corrected chi connectivity index (χ4v) is 6.58. The van der Waals surface area contributed by atoms with Crippen LogP contribution in [-0.2, 0) is 0 Å². The van der Waals surface area contributed by atoms with E-state index in [-0.39, 0.29) is 49.3 Å². The number of hydrogen-bond donors (Lipinski definition) is 0. The van der Waals surface area contributed by atoms with Crippen LogP contribution in [0.4, 0.5) is 0 Å². The second-order valence-electron chi connectivity index (χ2n) is 10.7. The lowest BCUT2D eigenvalue weighted by Crippen LogP contribution is -1.98. The Morgan fingerprint density at radius 3 is 1.69 bits per heavy atom. The topological polar surface area (TPSA) is 14.8 Å². The molecule has 3 heteroatoms. The van der Waals surface area contributed by atoms with E-state index in [9.17, 15) is 6.85 Å². The molecule has 0 saturated carbocycles. The van der Waals surface area contributed by atoms with Crippen LogP contribution < -0.4 is 0 Å². The normalized spacial score (nSPS) is 16.7. The van der Waals surface area contributed by atoms with Gasteiger partial charge in [0.15, 0.2) is 0 Å². The summed E-state index contributed by atoms with van der Waals surface area (Å²) in [4.78, 5) is 0. The van der Waals surface area contributed by atoms with Gasteiger partial charge in [-0.2, -0.15) is 0 Å². The maximum Gasteiger partial charge on any atom is 0.0645 e. The van der Waals surface area contributed by atoms with Crippen LogP contribution in [0, 0.1) is 0 Å². The van der Waals surface area contributed by atoms with Gasteiger partial charge in [-0.15, -0.1) is 0 Å². The maximum absolute atomic E-state index is 9.47. The standard InChI is InChI=1S/C42H27N3/c1-2-13-28(14-3-1)43-35-19-8-4-17-32(35)33-26-25-29(27-41(33)43)44-38-22-11-7-18-34(38)42-39(44)23-12-24-40(42)45-36-20-9-5-15-30(36)31-16-6-10-21-37(31)45/h1-27H/i5D,6D,7D,9D,10D,11D,12D,15D,16D,18D,20D,21D,22D,23D,24D. The van der Waals surface area contributed by atoms with E-state index in [4.69, 9.17) is 13.7 Å². The number of benzene rings is 7. The van der Waals surface area contributed by atoms with Crippen molar-refractivity contribution in [3.8, 4) is 17.1 Å². The molecule has 210 valence electrons. The van der Waals surface area contributed by atoms with Gasteiger partial charge in [0, 0.05) is 43.7 Å². The lowest BCUT2D eigenvalue weighted by atomic mass is 10.1. The summed E-state index contributed by atoms with van der Waals surface area (Å²) in [7, 11) is 0. The molecular formula is C42H27N3. The first-order chi connectivity index (χ1) is 28.6. The third kappa shape index (κ3) is 3.35. The molecule has 3 nitrogen and oxygen atoms in total. The summed E-state index contributed by atoms with van der Waals surface area (Å²) in [6.07, 6.45) is 0. The summed E-state index contributed by atoms with van der Waals surface area (Å²) in [6.45, 7) is 0. The minimum atomic E-state index is -0.704. The Bertz CT molecular complexity index is 3530. The average Bonchev–Trinajstić information content (AvgIpc) is 3.91. The zero-order chi connectivity index (χ0) is 42.5. The van der Waals surface area contributed by atoms with Crippen LogP contribution in [-0.4, -0.2) is 13.7 Å². The summed E-state index contributed by atoms with van der Waals surface area (Å²) in [5.41, 5.74) is 1.46. The van der Waals surface area contributed by atoms with Gasteiger partial charge in [0.25, 0.3) is 0 Å². The van der Waals surface area contributed by atoms with Crippen molar-refractivity contribution in [2.24, 2.45) is 0 Å². The van der Waals surface area contributed by atoms with Gasteiger partial charge >= 0.3 is 0 Å². The SMILES string of the molecule is [2H]c1c([2H])c([2H])c2c(c1[2H])c1c(-n3c4c([2H])c([2H])c([2H])c([2H])c4c4c([2H])c([2H])c([2H])c([2H])c43)c([2H])c([2H])c([2H])c1n2-c1ccc2c3ccccc3n(-c3ccccc3)c2c1. The van der Waals surface area contributed by atoms with E-state index in [0.717, 1.165) is 26.5 Å². The van der Waals surface area contributed by atoms with Gasteiger partial charge in [-0.3, -0.25) is 0 Å². The van der Waals surface area contributed by atoms with E-state index in [1.807, 2.05) is 71.3 Å². The highest BCUT2D eigenvalue weighted by Gasteiger charge is 2.20. The molecule has 0 aliphatic rings. The Balaban J connectivity index is 1.48. The molecule has 0 bridgehead atoms. The van der Waals surface area contributed by atoms with E-state index in [2.05, 4.69) is 0 Å². The van der Waals surface area contributed by atoms with Crippen LogP contribution >= 0.6 is 0 Å². The quantitative estimate of drug-likeness (QED) is 0.195. The smallest absolute Gasteiger partial charge is 0.0645 e. The predicted molar refractivity (Wildman–Crippen MR) is 189 cm³/mol. The largest absolute Gasteiger partial charge is 0.309 e. The minimum absolute atomic E-state index is 0.109. The van der Waals surface area contributed by atoms with Crippen LogP contribution in [0.2, 0.25) is 0 Å². The van der Waals surface area contributed by atoms with E-state index in [1.54, 1.807) is 6.07 Å². The van der Waals surface area contributed by atoms with Gasteiger partial charge in [0.2, 0.25) is 0 Å². The molecule has 0 aliphatic carbocycles. The average molecular weight is 589 g/mol. The Labute approximate surface area is 280 Å². The maximum atomic E-state index is 9.47. The Morgan fingerprint density at radius 2 is 0.933 bits per heavy atom. The van der Waals surface area contributed by atoms with Crippen LogP contribution in [0.5, 0.6) is 0 Å². The van der Waals surface area contributed by atoms with Gasteiger partial charge in [-0.1, -0.05) is 103 Å². The minimum Gasteiger partial charge on any atom is -0.309 e. The fourth-order valence-electron chi connectivity index (χ4n) is 6.58. The second-order valence-corrected chi connectivity index (χ2v) is 10.7. The zero-order valence-corrected chi connectivity index (χ0v) is 23.3. The summed E-state index contributed by atoms with van der Waals surface area (Å²) >= 11 is 0. The fraction of sp³-hybridized carbons (Fsp3) is 0. The molecule has 10 rings (SSSR count). The number of nitrogens with zero attached hydrogens (tertiary/aromatic N) is 3. The molecular weight excluding hydrogens is 546 g/mol. The molecule has 0 aliphatic heterocycles. The molecule has 3 aromatic heterocycles. The van der Waals surface area contributed by atoms with E-state index < -0.39 is 90.6 Å². The highest BCUT2D eigenvalue weighted by atomic mass is 15.0. The molecule has 3 heterocycles. The van der Waals surface area contributed by atoms with Crippen LogP contribution in [0.1, 0.15) is 20.6 Å². The zero-order valence-electron chi connectivity index (χ0n) is 38.3. The Hall–Kier alpha value is -6.06. The van der Waals surface area contributed by atoms with Gasteiger partial charge in [-0.25, -0.2) is 0 Å². The van der Waals surface area contributed by atoms with E-state index >= 15 is 0 Å². The third-order valence-electron chi connectivity index (χ3n) is 8.39. The lowest BCUT2D eigenvalue weighted by molar-refractivity contribution is 1.15. The summed E-state index contributed by atoms with van der Waals surface area (Å²) in [5, 5.41) is 0.904. The highest BCUT2D eigenvalue weighted by Crippen LogP contribution is 2.41. The van der Waals surface area contributed by atoms with Crippen LogP contribution in [0.25, 0.3) is 82.5 Å². The van der Waals surface area contributed by atoms with Crippen molar-refractivity contribution in [2.45, 2.75) is 0 Å². The van der Waals surface area contributed by atoms with Gasteiger partial charge in [-0.05, 0) is 60.5 Å². The molecule has 0 saturated heterocycles. The van der Waals surface area contributed by atoms with Crippen molar-refractivity contribution in [3.63, 3.8) is 0 Å². The molecule has 0 amide bonds. The molecule has 0 spiro atoms. The summed E-state index contributed by atoms with van der Waals surface area (Å²) in [5.74, 6) is 0. The van der Waals surface area contributed by atoms with Gasteiger partial charge in [0.05, 0.1) is 59.3 Å². The number of para-hydroxylation sites is 5. The first-order valence-electron chi connectivity index (χ1n) is 21.7. The monoisotopic (exact) mass is 588 g/mol. The predicted octanol–water partition coefficient (Wildman–Crippen LogP) is 11.0. The first-order valence-corrected chi connectivity index (χ1v) is 14.2. The van der Waals surface area contributed by atoms with E-state index in [0.29, 0.717) is 11.2 Å². The second kappa shape index (κ2) is 9.22. The molecule has 0 unspecified atom stereocenters. The van der Waals surface area contributed by atoms with Crippen LogP contribution in [0.15, 0.2) is 163 Å². The van der Waals surface area contributed by atoms with Crippen molar-refractivity contribution in [1.29, 1.82) is 0 Å². The van der Waals surface area contributed by atoms with Gasteiger partial charge < -0.3 is 13.7 Å². The van der Waals surface area contributed by atoms with Crippen molar-refractivity contribution >= 4 is 65.4 Å². The number of fused-ring (bicyclic) bond motifs is 9. The van der Waals surface area contributed by atoms with Gasteiger partial charge in [0.1, 0.15) is 0 Å². The summed E-state index contributed by atoms with van der Waals surface area (Å²) < 4.78 is 139. The highest BCUT2D eigenvalue weighted by molar-refractivity contribution is 6.17.